The molecule has 2 aromatic rings. The summed E-state index contributed by atoms with van der Waals surface area (Å²) < 4.78 is 4.75. The molecule has 0 spiro atoms. The maximum Gasteiger partial charge on any atom is 0.339 e. The molecule has 1 heterocycles. The third-order valence-electron chi connectivity index (χ3n) is 4.96. The Hall–Kier alpha value is -3.15. The summed E-state index contributed by atoms with van der Waals surface area (Å²) in [4.78, 5) is 38.7. The number of carbonyl (C=O) groups is 3. The standard InChI is InChI=1S/C22H24N2O4/c1-14(2)15-8-10-17(11-9-15)24-13-16(12-20(24)25)21(26)23-19-7-5-4-6-18(19)22(27)28-3/h4-11,14,16H,12-13H2,1-3H3,(H,23,26)/t16-/m0/s1. The number of amides is 2. The molecule has 1 N–H and O–H groups in total. The molecule has 0 bridgehead atoms. The Bertz CT molecular complexity index is 890. The van der Waals surface area contributed by atoms with Crippen LogP contribution in [0.5, 0.6) is 0 Å². The molecule has 2 aromatic carbocycles. The van der Waals surface area contributed by atoms with E-state index in [2.05, 4.69) is 19.2 Å². The van der Waals surface area contributed by atoms with Gasteiger partial charge in [-0.2, -0.15) is 0 Å². The third-order valence-corrected chi connectivity index (χ3v) is 4.96. The Balaban J connectivity index is 1.71. The first-order valence-corrected chi connectivity index (χ1v) is 9.29. The summed E-state index contributed by atoms with van der Waals surface area (Å²) in [5.41, 5.74) is 2.65. The van der Waals surface area contributed by atoms with Crippen LogP contribution in [0.3, 0.4) is 0 Å². The van der Waals surface area contributed by atoms with Crippen molar-refractivity contribution in [3.05, 3.63) is 59.7 Å². The van der Waals surface area contributed by atoms with Gasteiger partial charge in [0, 0.05) is 18.7 Å². The molecule has 0 aromatic heterocycles. The lowest BCUT2D eigenvalue weighted by Gasteiger charge is -2.18. The predicted molar refractivity (Wildman–Crippen MR) is 107 cm³/mol. The Morgan fingerprint density at radius 1 is 1.11 bits per heavy atom. The second kappa shape index (κ2) is 8.25. The number of methoxy groups -OCH3 is 1. The quantitative estimate of drug-likeness (QED) is 0.805. The van der Waals surface area contributed by atoms with Crippen LogP contribution >= 0.6 is 0 Å². The number of carbonyl (C=O) groups excluding carboxylic acids is 3. The molecule has 0 radical (unpaired) electrons. The lowest BCUT2D eigenvalue weighted by atomic mass is 10.0. The smallest absolute Gasteiger partial charge is 0.339 e. The van der Waals surface area contributed by atoms with Gasteiger partial charge >= 0.3 is 5.97 Å². The minimum atomic E-state index is -0.523. The van der Waals surface area contributed by atoms with Crippen molar-refractivity contribution in [2.45, 2.75) is 26.2 Å². The van der Waals surface area contributed by atoms with Crippen LogP contribution in [0.2, 0.25) is 0 Å². The number of nitrogens with one attached hydrogen (secondary N) is 1. The molecule has 0 aliphatic carbocycles. The van der Waals surface area contributed by atoms with Crippen LogP contribution in [-0.2, 0) is 14.3 Å². The van der Waals surface area contributed by atoms with Gasteiger partial charge in [0.2, 0.25) is 11.8 Å². The molecule has 3 rings (SSSR count). The van der Waals surface area contributed by atoms with Gasteiger partial charge in [0.25, 0.3) is 0 Å². The average molecular weight is 380 g/mol. The van der Waals surface area contributed by atoms with Gasteiger partial charge in [0.15, 0.2) is 0 Å². The van der Waals surface area contributed by atoms with Gasteiger partial charge in [0.05, 0.1) is 24.3 Å². The number of benzene rings is 2. The van der Waals surface area contributed by atoms with Crippen molar-refractivity contribution in [1.82, 2.24) is 0 Å². The van der Waals surface area contributed by atoms with Crippen molar-refractivity contribution < 1.29 is 19.1 Å². The van der Waals surface area contributed by atoms with Gasteiger partial charge in [-0.15, -0.1) is 0 Å². The Labute approximate surface area is 164 Å². The number of esters is 1. The van der Waals surface area contributed by atoms with E-state index in [0.29, 0.717) is 18.2 Å². The van der Waals surface area contributed by atoms with Gasteiger partial charge in [-0.3, -0.25) is 9.59 Å². The summed E-state index contributed by atoms with van der Waals surface area (Å²) >= 11 is 0. The molecular formula is C22H24N2O4. The van der Waals surface area contributed by atoms with E-state index in [1.165, 1.54) is 12.7 Å². The minimum absolute atomic E-state index is 0.0845. The minimum Gasteiger partial charge on any atom is -0.465 e. The summed E-state index contributed by atoms with van der Waals surface area (Å²) in [6.45, 7) is 4.54. The molecule has 1 atom stereocenters. The lowest BCUT2D eigenvalue weighted by molar-refractivity contribution is -0.122. The van der Waals surface area contributed by atoms with E-state index in [4.69, 9.17) is 4.74 Å². The number of hydrogen-bond acceptors (Lipinski definition) is 4. The van der Waals surface area contributed by atoms with Gasteiger partial charge < -0.3 is 15.0 Å². The lowest BCUT2D eigenvalue weighted by Crippen LogP contribution is -2.28. The van der Waals surface area contributed by atoms with Crippen molar-refractivity contribution in [1.29, 1.82) is 0 Å². The first-order chi connectivity index (χ1) is 13.4. The van der Waals surface area contributed by atoms with E-state index in [1.54, 1.807) is 29.2 Å². The van der Waals surface area contributed by atoms with E-state index in [-0.39, 0.29) is 23.8 Å². The zero-order chi connectivity index (χ0) is 20.3. The Morgan fingerprint density at radius 3 is 2.43 bits per heavy atom. The molecule has 6 nitrogen and oxygen atoms in total. The van der Waals surface area contributed by atoms with Crippen molar-refractivity contribution in [3.8, 4) is 0 Å². The number of ether oxygens (including phenoxy) is 1. The first-order valence-electron chi connectivity index (χ1n) is 9.29. The van der Waals surface area contributed by atoms with Gasteiger partial charge in [-0.05, 0) is 35.7 Å². The van der Waals surface area contributed by atoms with Crippen molar-refractivity contribution in [2.24, 2.45) is 5.92 Å². The van der Waals surface area contributed by atoms with Crippen LogP contribution in [-0.4, -0.2) is 31.4 Å². The van der Waals surface area contributed by atoms with Crippen LogP contribution in [0, 0.1) is 5.92 Å². The van der Waals surface area contributed by atoms with Crippen LogP contribution in [0.1, 0.15) is 42.1 Å². The second-order valence-electron chi connectivity index (χ2n) is 7.18. The van der Waals surface area contributed by atoms with E-state index in [0.717, 1.165) is 5.69 Å². The van der Waals surface area contributed by atoms with E-state index in [9.17, 15) is 14.4 Å². The first kappa shape index (κ1) is 19.6. The fraction of sp³-hybridized carbons (Fsp3) is 0.318. The predicted octanol–water partition coefficient (Wildman–Crippen LogP) is 3.59. The highest BCUT2D eigenvalue weighted by atomic mass is 16.5. The van der Waals surface area contributed by atoms with Crippen LogP contribution in [0.25, 0.3) is 0 Å². The zero-order valence-electron chi connectivity index (χ0n) is 16.3. The fourth-order valence-corrected chi connectivity index (χ4v) is 3.29. The van der Waals surface area contributed by atoms with Crippen molar-refractivity contribution in [3.63, 3.8) is 0 Å². The molecule has 146 valence electrons. The maximum absolute atomic E-state index is 12.7. The number of anilines is 2. The summed E-state index contributed by atoms with van der Waals surface area (Å²) in [5.74, 6) is -0.963. The molecule has 6 heteroatoms. The topological polar surface area (TPSA) is 75.7 Å². The highest BCUT2D eigenvalue weighted by molar-refractivity contribution is 6.06. The average Bonchev–Trinajstić information content (AvgIpc) is 3.09. The molecule has 1 aliphatic heterocycles. The Morgan fingerprint density at radius 2 is 1.79 bits per heavy atom. The molecule has 28 heavy (non-hydrogen) atoms. The van der Waals surface area contributed by atoms with Crippen molar-refractivity contribution >= 4 is 29.2 Å². The molecule has 0 saturated carbocycles. The van der Waals surface area contributed by atoms with Crippen LogP contribution in [0.15, 0.2) is 48.5 Å². The van der Waals surface area contributed by atoms with E-state index >= 15 is 0 Å². The highest BCUT2D eigenvalue weighted by Crippen LogP contribution is 2.28. The fourth-order valence-electron chi connectivity index (χ4n) is 3.29. The SMILES string of the molecule is COC(=O)c1ccccc1NC(=O)[C@H]1CC(=O)N(c2ccc(C(C)C)cc2)C1. The van der Waals surface area contributed by atoms with E-state index < -0.39 is 11.9 Å². The summed E-state index contributed by atoms with van der Waals surface area (Å²) in [7, 11) is 1.29. The third kappa shape index (κ3) is 4.06. The van der Waals surface area contributed by atoms with Crippen molar-refractivity contribution in [2.75, 3.05) is 23.9 Å². The van der Waals surface area contributed by atoms with Gasteiger partial charge in [0.1, 0.15) is 0 Å². The summed E-state index contributed by atoms with van der Waals surface area (Å²) in [5, 5.41) is 2.77. The molecule has 1 saturated heterocycles. The molecule has 0 unspecified atom stereocenters. The number of rotatable bonds is 5. The maximum atomic E-state index is 12.7. The number of para-hydroxylation sites is 1. The van der Waals surface area contributed by atoms with Crippen LogP contribution in [0.4, 0.5) is 11.4 Å². The normalized spacial score (nSPS) is 16.4. The number of nitrogens with zero attached hydrogens (tertiary/aromatic N) is 1. The Kier molecular flexibility index (Phi) is 5.78. The van der Waals surface area contributed by atoms with E-state index in [1.807, 2.05) is 24.3 Å². The largest absolute Gasteiger partial charge is 0.465 e. The van der Waals surface area contributed by atoms with Crippen LogP contribution < -0.4 is 10.2 Å². The highest BCUT2D eigenvalue weighted by Gasteiger charge is 2.35. The second-order valence-corrected chi connectivity index (χ2v) is 7.18. The molecule has 1 fully saturated rings. The molecular weight excluding hydrogens is 356 g/mol. The summed E-state index contributed by atoms with van der Waals surface area (Å²) in [6.07, 6.45) is 0.137. The number of hydrogen-bond donors (Lipinski definition) is 1. The van der Waals surface area contributed by atoms with Gasteiger partial charge in [-0.25, -0.2) is 4.79 Å². The van der Waals surface area contributed by atoms with Gasteiger partial charge in [-0.1, -0.05) is 38.1 Å². The zero-order valence-corrected chi connectivity index (χ0v) is 16.3. The summed E-state index contributed by atoms with van der Waals surface area (Å²) in [6, 6.07) is 14.5. The monoisotopic (exact) mass is 380 g/mol. The molecule has 2 amide bonds. The molecule has 1 aliphatic rings.